The Balaban J connectivity index is 1.67. The smallest absolute Gasteiger partial charge is 0.225 e. The Kier molecular flexibility index (Phi) is 2.71. The van der Waals surface area contributed by atoms with Gasteiger partial charge in [0.15, 0.2) is 0 Å². The van der Waals surface area contributed by atoms with Crippen LogP contribution < -0.4 is 10.6 Å². The Morgan fingerprint density at radius 3 is 2.65 bits per heavy atom. The van der Waals surface area contributed by atoms with Crippen molar-refractivity contribution in [1.29, 1.82) is 0 Å². The van der Waals surface area contributed by atoms with Crippen LogP contribution in [0.1, 0.15) is 25.7 Å². The molecule has 0 spiro atoms. The summed E-state index contributed by atoms with van der Waals surface area (Å²) < 4.78 is 0. The first kappa shape index (κ1) is 11.2. The summed E-state index contributed by atoms with van der Waals surface area (Å²) in [5.41, 5.74) is -0.418. The van der Waals surface area contributed by atoms with Crippen LogP contribution in [0.2, 0.25) is 0 Å². The van der Waals surface area contributed by atoms with Crippen molar-refractivity contribution < 1.29 is 9.90 Å². The third-order valence-corrected chi connectivity index (χ3v) is 4.61. The van der Waals surface area contributed by atoms with Crippen molar-refractivity contribution >= 4 is 5.91 Å². The summed E-state index contributed by atoms with van der Waals surface area (Å²) in [4.78, 5) is 12.3. The molecule has 0 aromatic heterocycles. The molecule has 2 aliphatic carbocycles. The average Bonchev–Trinajstić information content (AvgIpc) is 3.03. The van der Waals surface area contributed by atoms with Crippen LogP contribution in [0.5, 0.6) is 0 Å². The van der Waals surface area contributed by atoms with Crippen molar-refractivity contribution in [3.63, 3.8) is 0 Å². The molecule has 2 fully saturated rings. The lowest BCUT2D eigenvalue weighted by Crippen LogP contribution is -2.52. The summed E-state index contributed by atoms with van der Waals surface area (Å²) in [5.74, 6) is 0.768. The van der Waals surface area contributed by atoms with E-state index in [0.717, 1.165) is 25.8 Å². The minimum Gasteiger partial charge on any atom is -0.394 e. The number of carbonyl (C=O) groups is 1. The van der Waals surface area contributed by atoms with Gasteiger partial charge in [-0.2, -0.15) is 0 Å². The van der Waals surface area contributed by atoms with E-state index in [1.165, 1.54) is 6.42 Å². The molecule has 1 saturated heterocycles. The maximum absolute atomic E-state index is 12.3. The molecule has 0 aromatic carbocycles. The summed E-state index contributed by atoms with van der Waals surface area (Å²) in [7, 11) is 0. The quantitative estimate of drug-likeness (QED) is 0.613. The zero-order chi connectivity index (χ0) is 11.9. The largest absolute Gasteiger partial charge is 0.394 e. The van der Waals surface area contributed by atoms with Gasteiger partial charge >= 0.3 is 0 Å². The Morgan fingerprint density at radius 2 is 2.18 bits per heavy atom. The monoisotopic (exact) mass is 236 g/mol. The number of amides is 1. The molecule has 4 heteroatoms. The topological polar surface area (TPSA) is 61.4 Å². The maximum Gasteiger partial charge on any atom is 0.225 e. The molecule has 2 bridgehead atoms. The molecule has 17 heavy (non-hydrogen) atoms. The van der Waals surface area contributed by atoms with E-state index in [2.05, 4.69) is 10.6 Å². The summed E-state index contributed by atoms with van der Waals surface area (Å²) in [6.07, 6.45) is 7.87. The fraction of sp³-hybridized carbons (Fsp3) is 0.769. The first-order chi connectivity index (χ1) is 8.24. The molecular weight excluding hydrogens is 216 g/mol. The second kappa shape index (κ2) is 4.10. The summed E-state index contributed by atoms with van der Waals surface area (Å²) in [5, 5.41) is 16.0. The number of aliphatic hydroxyl groups is 1. The maximum atomic E-state index is 12.3. The molecule has 4 nitrogen and oxygen atoms in total. The second-order valence-electron chi connectivity index (χ2n) is 5.69. The van der Waals surface area contributed by atoms with E-state index in [9.17, 15) is 9.90 Å². The molecule has 1 heterocycles. The highest BCUT2D eigenvalue weighted by Crippen LogP contribution is 2.37. The van der Waals surface area contributed by atoms with Gasteiger partial charge in [-0.15, -0.1) is 0 Å². The van der Waals surface area contributed by atoms with E-state index < -0.39 is 5.54 Å². The Morgan fingerprint density at radius 1 is 1.41 bits per heavy atom. The van der Waals surface area contributed by atoms with Crippen molar-refractivity contribution in [2.24, 2.45) is 11.8 Å². The molecule has 3 aliphatic rings. The van der Waals surface area contributed by atoms with E-state index in [1.54, 1.807) is 0 Å². The van der Waals surface area contributed by atoms with Gasteiger partial charge in [0.1, 0.15) is 0 Å². The standard InChI is InChI=1S/C13H20N2O2/c16-8-13(5-1-2-6-13)15-12(17)11-9-3-4-10(11)14-7-9/h1-2,9-11,14,16H,3-8H2,(H,15,17)/t9-,10-,11+/m0/s1. The van der Waals surface area contributed by atoms with Crippen molar-refractivity contribution in [3.8, 4) is 0 Å². The van der Waals surface area contributed by atoms with Crippen molar-refractivity contribution in [1.82, 2.24) is 10.6 Å². The zero-order valence-electron chi connectivity index (χ0n) is 9.98. The van der Waals surface area contributed by atoms with E-state index in [0.29, 0.717) is 12.0 Å². The lowest BCUT2D eigenvalue weighted by molar-refractivity contribution is -0.128. The van der Waals surface area contributed by atoms with Gasteiger partial charge in [0.05, 0.1) is 18.1 Å². The van der Waals surface area contributed by atoms with Crippen LogP contribution in [0, 0.1) is 11.8 Å². The minimum absolute atomic E-state index is 0.0290. The molecule has 0 radical (unpaired) electrons. The fourth-order valence-electron chi connectivity index (χ4n) is 3.56. The zero-order valence-corrected chi connectivity index (χ0v) is 9.98. The average molecular weight is 236 g/mol. The number of nitrogens with one attached hydrogen (secondary N) is 2. The van der Waals surface area contributed by atoms with Crippen molar-refractivity contribution in [3.05, 3.63) is 12.2 Å². The molecule has 0 aromatic rings. The molecule has 0 unspecified atom stereocenters. The number of carbonyl (C=O) groups excluding carboxylic acids is 1. The third kappa shape index (κ3) is 1.79. The van der Waals surface area contributed by atoms with Gasteiger partial charge in [-0.05, 0) is 38.1 Å². The molecule has 94 valence electrons. The predicted molar refractivity (Wildman–Crippen MR) is 64.3 cm³/mol. The highest BCUT2D eigenvalue weighted by Gasteiger charge is 2.47. The van der Waals surface area contributed by atoms with Crippen LogP contribution >= 0.6 is 0 Å². The first-order valence-electron chi connectivity index (χ1n) is 6.55. The SMILES string of the molecule is O=C(NC1(CO)CC=CC1)[C@@H]1[C@H]2CC[C@@H]1NC2. The summed E-state index contributed by atoms with van der Waals surface area (Å²) in [6, 6.07) is 0.366. The number of hydrogen-bond acceptors (Lipinski definition) is 3. The van der Waals surface area contributed by atoms with Gasteiger partial charge in [0.25, 0.3) is 0 Å². The van der Waals surface area contributed by atoms with Gasteiger partial charge in [-0.25, -0.2) is 0 Å². The van der Waals surface area contributed by atoms with E-state index in [1.807, 2.05) is 12.2 Å². The van der Waals surface area contributed by atoms with Crippen molar-refractivity contribution in [2.45, 2.75) is 37.3 Å². The van der Waals surface area contributed by atoms with E-state index in [-0.39, 0.29) is 18.4 Å². The van der Waals surface area contributed by atoms with Gasteiger partial charge in [-0.3, -0.25) is 4.79 Å². The minimum atomic E-state index is -0.418. The normalized spacial score (nSPS) is 37.6. The molecule has 1 amide bonds. The number of hydrogen-bond donors (Lipinski definition) is 3. The van der Waals surface area contributed by atoms with Gasteiger partial charge in [0, 0.05) is 6.04 Å². The van der Waals surface area contributed by atoms with Gasteiger partial charge in [0.2, 0.25) is 5.91 Å². The van der Waals surface area contributed by atoms with Crippen LogP contribution in [-0.4, -0.2) is 35.7 Å². The molecule has 1 aliphatic heterocycles. The van der Waals surface area contributed by atoms with Crippen LogP contribution in [0.15, 0.2) is 12.2 Å². The fourth-order valence-corrected chi connectivity index (χ4v) is 3.56. The van der Waals surface area contributed by atoms with Crippen molar-refractivity contribution in [2.75, 3.05) is 13.2 Å². The lowest BCUT2D eigenvalue weighted by Gasteiger charge is -2.30. The molecular formula is C13H20N2O2. The van der Waals surface area contributed by atoms with E-state index >= 15 is 0 Å². The third-order valence-electron chi connectivity index (χ3n) is 4.61. The summed E-state index contributed by atoms with van der Waals surface area (Å²) in [6.45, 7) is 1.01. The number of fused-ring (bicyclic) bond motifs is 2. The highest BCUT2D eigenvalue weighted by atomic mass is 16.3. The van der Waals surface area contributed by atoms with E-state index in [4.69, 9.17) is 0 Å². The van der Waals surface area contributed by atoms with Gasteiger partial charge < -0.3 is 15.7 Å². The van der Waals surface area contributed by atoms with Crippen LogP contribution in [0.25, 0.3) is 0 Å². The number of piperidine rings is 1. The Hall–Kier alpha value is -0.870. The molecule has 3 rings (SSSR count). The highest BCUT2D eigenvalue weighted by molar-refractivity contribution is 5.81. The molecule has 1 saturated carbocycles. The first-order valence-corrected chi connectivity index (χ1v) is 6.55. The van der Waals surface area contributed by atoms with Crippen LogP contribution in [0.4, 0.5) is 0 Å². The summed E-state index contributed by atoms with van der Waals surface area (Å²) >= 11 is 0. The lowest BCUT2D eigenvalue weighted by atomic mass is 9.93. The van der Waals surface area contributed by atoms with Crippen LogP contribution in [0.3, 0.4) is 0 Å². The molecule has 3 N–H and O–H groups in total. The Bertz CT molecular complexity index is 325. The van der Waals surface area contributed by atoms with Crippen LogP contribution in [-0.2, 0) is 4.79 Å². The van der Waals surface area contributed by atoms with Gasteiger partial charge in [-0.1, -0.05) is 12.2 Å². The second-order valence-corrected chi connectivity index (χ2v) is 5.69. The number of rotatable bonds is 3. The molecule has 3 atom stereocenters. The Labute approximate surface area is 101 Å². The number of aliphatic hydroxyl groups excluding tert-OH is 1. The predicted octanol–water partition coefficient (Wildman–Crippen LogP) is 0.182.